The fraction of sp³-hybridized carbons (Fsp3) is 0.364. The molecule has 0 bridgehead atoms. The Labute approximate surface area is 100 Å². The maximum Gasteiger partial charge on any atom is 0.231 e. The van der Waals surface area contributed by atoms with E-state index in [4.69, 9.17) is 17.3 Å². The van der Waals surface area contributed by atoms with E-state index in [0.717, 1.165) is 17.3 Å². The van der Waals surface area contributed by atoms with E-state index in [1.54, 1.807) is 0 Å². The van der Waals surface area contributed by atoms with Crippen molar-refractivity contribution in [2.75, 3.05) is 31.6 Å². The molecule has 1 amide bonds. The van der Waals surface area contributed by atoms with Crippen LogP contribution in [0.3, 0.4) is 0 Å². The van der Waals surface area contributed by atoms with Gasteiger partial charge in [-0.25, -0.2) is 0 Å². The lowest BCUT2D eigenvalue weighted by molar-refractivity contribution is -0.117. The highest BCUT2D eigenvalue weighted by Gasteiger charge is 2.00. The molecule has 0 saturated carbocycles. The molecular weight excluding hydrogens is 226 g/mol. The number of halogens is 1. The number of hydrogen-bond acceptors (Lipinski definition) is 3. The minimum atomic E-state index is -0.339. The van der Waals surface area contributed by atoms with Crippen LogP contribution in [0.2, 0.25) is 5.02 Å². The molecule has 16 heavy (non-hydrogen) atoms. The smallest absolute Gasteiger partial charge is 0.231 e. The van der Waals surface area contributed by atoms with Gasteiger partial charge in [0, 0.05) is 30.8 Å². The van der Waals surface area contributed by atoms with Gasteiger partial charge in [-0.3, -0.25) is 4.79 Å². The van der Waals surface area contributed by atoms with E-state index >= 15 is 0 Å². The Morgan fingerprint density at radius 3 is 2.62 bits per heavy atom. The van der Waals surface area contributed by atoms with Crippen molar-refractivity contribution in [1.29, 1.82) is 0 Å². The Kier molecular flexibility index (Phi) is 5.08. The van der Waals surface area contributed by atoms with E-state index in [1.165, 1.54) is 0 Å². The Morgan fingerprint density at radius 2 is 2.06 bits per heavy atom. The number of nitrogens with two attached hydrogens (primary N) is 1. The maximum atomic E-state index is 10.5. The highest BCUT2D eigenvalue weighted by Crippen LogP contribution is 2.16. The molecule has 0 aliphatic rings. The van der Waals surface area contributed by atoms with Gasteiger partial charge in [0.15, 0.2) is 0 Å². The second-order valence-electron chi connectivity index (χ2n) is 3.54. The van der Waals surface area contributed by atoms with Crippen LogP contribution in [0, 0.1) is 0 Å². The molecule has 3 N–H and O–H groups in total. The fourth-order valence-corrected chi connectivity index (χ4v) is 1.41. The standard InChI is InChI=1S/C11H16ClN3O/c1-15(7-6-14-8-11(13)16)10-4-2-9(12)3-5-10/h2-5,14H,6-8H2,1H3,(H2,13,16). The SMILES string of the molecule is CN(CCNCC(N)=O)c1ccc(Cl)cc1. The highest BCUT2D eigenvalue weighted by molar-refractivity contribution is 6.30. The molecule has 0 fully saturated rings. The predicted octanol–water partition coefficient (Wildman–Crippen LogP) is 0.851. The third kappa shape index (κ3) is 4.51. The lowest BCUT2D eigenvalue weighted by atomic mass is 10.3. The van der Waals surface area contributed by atoms with Gasteiger partial charge in [-0.2, -0.15) is 0 Å². The lowest BCUT2D eigenvalue weighted by Crippen LogP contribution is -2.34. The molecular formula is C11H16ClN3O. The number of likely N-dealkylation sites (N-methyl/N-ethyl adjacent to an activating group) is 1. The van der Waals surface area contributed by atoms with Gasteiger partial charge in [0.05, 0.1) is 6.54 Å². The van der Waals surface area contributed by atoms with E-state index in [0.29, 0.717) is 6.54 Å². The fourth-order valence-electron chi connectivity index (χ4n) is 1.28. The topological polar surface area (TPSA) is 58.4 Å². The van der Waals surface area contributed by atoms with Crippen molar-refractivity contribution < 1.29 is 4.79 Å². The molecule has 5 heteroatoms. The maximum absolute atomic E-state index is 10.5. The zero-order valence-electron chi connectivity index (χ0n) is 9.24. The second-order valence-corrected chi connectivity index (χ2v) is 3.98. The molecule has 4 nitrogen and oxygen atoms in total. The first-order valence-electron chi connectivity index (χ1n) is 5.05. The van der Waals surface area contributed by atoms with Crippen molar-refractivity contribution >= 4 is 23.2 Å². The van der Waals surface area contributed by atoms with Crippen LogP contribution in [0.5, 0.6) is 0 Å². The summed E-state index contributed by atoms with van der Waals surface area (Å²) in [6.07, 6.45) is 0. The summed E-state index contributed by atoms with van der Waals surface area (Å²) in [7, 11) is 1.98. The van der Waals surface area contributed by atoms with Gasteiger partial charge in [0.2, 0.25) is 5.91 Å². The third-order valence-electron chi connectivity index (χ3n) is 2.19. The van der Waals surface area contributed by atoms with Crippen LogP contribution < -0.4 is 16.0 Å². The van der Waals surface area contributed by atoms with Gasteiger partial charge in [-0.1, -0.05) is 11.6 Å². The zero-order valence-corrected chi connectivity index (χ0v) is 10.00. The largest absolute Gasteiger partial charge is 0.373 e. The molecule has 0 aliphatic carbocycles. The second kappa shape index (κ2) is 6.35. The monoisotopic (exact) mass is 241 g/mol. The molecule has 0 aromatic heterocycles. The molecule has 0 heterocycles. The summed E-state index contributed by atoms with van der Waals surface area (Å²) in [6, 6.07) is 7.61. The average Bonchev–Trinajstić information content (AvgIpc) is 2.25. The Balaban J connectivity index is 2.32. The van der Waals surface area contributed by atoms with Gasteiger partial charge in [0.25, 0.3) is 0 Å². The molecule has 0 aliphatic heterocycles. The van der Waals surface area contributed by atoms with Crippen LogP contribution in [0.4, 0.5) is 5.69 Å². The summed E-state index contributed by atoms with van der Waals surface area (Å²) in [6.45, 7) is 1.73. The average molecular weight is 242 g/mol. The van der Waals surface area contributed by atoms with Crippen LogP contribution in [0.1, 0.15) is 0 Å². The molecule has 0 radical (unpaired) electrons. The summed E-state index contributed by atoms with van der Waals surface area (Å²) in [5, 5.41) is 3.68. The van der Waals surface area contributed by atoms with E-state index in [9.17, 15) is 4.79 Å². The number of rotatable bonds is 6. The van der Waals surface area contributed by atoms with Crippen LogP contribution >= 0.6 is 11.6 Å². The predicted molar refractivity (Wildman–Crippen MR) is 66.8 cm³/mol. The van der Waals surface area contributed by atoms with Gasteiger partial charge in [-0.15, -0.1) is 0 Å². The molecule has 88 valence electrons. The molecule has 1 aromatic rings. The lowest BCUT2D eigenvalue weighted by Gasteiger charge is -2.19. The van der Waals surface area contributed by atoms with Crippen molar-refractivity contribution in [2.45, 2.75) is 0 Å². The number of carbonyl (C=O) groups is 1. The van der Waals surface area contributed by atoms with Crippen molar-refractivity contribution in [3.05, 3.63) is 29.3 Å². The van der Waals surface area contributed by atoms with E-state index in [1.807, 2.05) is 31.3 Å². The number of carbonyl (C=O) groups excluding carboxylic acids is 1. The number of nitrogens with zero attached hydrogens (tertiary/aromatic N) is 1. The summed E-state index contributed by atoms with van der Waals surface area (Å²) in [5.74, 6) is -0.339. The van der Waals surface area contributed by atoms with Gasteiger partial charge in [0.1, 0.15) is 0 Å². The number of amides is 1. The number of anilines is 1. The third-order valence-corrected chi connectivity index (χ3v) is 2.44. The van der Waals surface area contributed by atoms with Gasteiger partial charge < -0.3 is 16.0 Å². The van der Waals surface area contributed by atoms with E-state index in [-0.39, 0.29) is 12.5 Å². The molecule has 1 rings (SSSR count). The van der Waals surface area contributed by atoms with Crippen LogP contribution in [0.15, 0.2) is 24.3 Å². The summed E-state index contributed by atoms with van der Waals surface area (Å²) < 4.78 is 0. The molecule has 0 atom stereocenters. The van der Waals surface area contributed by atoms with Crippen molar-refractivity contribution in [1.82, 2.24) is 5.32 Å². The molecule has 0 spiro atoms. The van der Waals surface area contributed by atoms with Gasteiger partial charge >= 0.3 is 0 Å². The van der Waals surface area contributed by atoms with Crippen LogP contribution in [0.25, 0.3) is 0 Å². The van der Waals surface area contributed by atoms with Crippen molar-refractivity contribution in [3.8, 4) is 0 Å². The molecule has 0 saturated heterocycles. The van der Waals surface area contributed by atoms with Crippen molar-refractivity contribution in [2.24, 2.45) is 5.73 Å². The minimum absolute atomic E-state index is 0.217. The first-order valence-corrected chi connectivity index (χ1v) is 5.43. The van der Waals surface area contributed by atoms with E-state index in [2.05, 4.69) is 10.2 Å². The zero-order chi connectivity index (χ0) is 12.0. The van der Waals surface area contributed by atoms with Crippen LogP contribution in [-0.4, -0.2) is 32.6 Å². The van der Waals surface area contributed by atoms with E-state index < -0.39 is 0 Å². The minimum Gasteiger partial charge on any atom is -0.373 e. The Bertz CT molecular complexity index is 340. The Hall–Kier alpha value is -1.26. The normalized spacial score (nSPS) is 10.1. The number of hydrogen-bond donors (Lipinski definition) is 2. The number of primary amides is 1. The molecule has 0 unspecified atom stereocenters. The summed E-state index contributed by atoms with van der Waals surface area (Å²) >= 11 is 5.80. The Morgan fingerprint density at radius 1 is 1.44 bits per heavy atom. The van der Waals surface area contributed by atoms with Gasteiger partial charge in [-0.05, 0) is 24.3 Å². The molecule has 1 aromatic carbocycles. The first-order chi connectivity index (χ1) is 7.59. The number of nitrogens with one attached hydrogen (secondary N) is 1. The van der Waals surface area contributed by atoms with Crippen molar-refractivity contribution in [3.63, 3.8) is 0 Å². The number of benzene rings is 1. The first kappa shape index (κ1) is 12.8. The summed E-state index contributed by atoms with van der Waals surface area (Å²) in [5.41, 5.74) is 6.10. The highest BCUT2D eigenvalue weighted by atomic mass is 35.5. The van der Waals surface area contributed by atoms with Crippen LogP contribution in [-0.2, 0) is 4.79 Å². The quantitative estimate of drug-likeness (QED) is 0.726. The summed E-state index contributed by atoms with van der Waals surface area (Å²) in [4.78, 5) is 12.6.